The van der Waals surface area contributed by atoms with E-state index in [2.05, 4.69) is 0 Å². The van der Waals surface area contributed by atoms with Gasteiger partial charge in [0.1, 0.15) is 0 Å². The number of nitrogens with one attached hydrogen (secondary N) is 1. The van der Waals surface area contributed by atoms with Gasteiger partial charge in [-0.25, -0.2) is 21.5 Å². The maximum absolute atomic E-state index is 11.6. The van der Waals surface area contributed by atoms with Gasteiger partial charge >= 0.3 is 6.03 Å². The van der Waals surface area contributed by atoms with Crippen LogP contribution in [0.25, 0.3) is 0 Å². The molecule has 0 aromatic heterocycles. The Kier molecular flexibility index (Phi) is 3.97. The van der Waals surface area contributed by atoms with Crippen molar-refractivity contribution in [2.24, 2.45) is 11.7 Å². The number of hydrogen-bond donors (Lipinski definition) is 3. The van der Waals surface area contributed by atoms with Crippen LogP contribution in [-0.2, 0) is 0 Å². The molecule has 0 aliphatic carbocycles. The number of urea groups is 1. The van der Waals surface area contributed by atoms with E-state index in [9.17, 15) is 4.79 Å². The minimum atomic E-state index is -0.618. The second-order valence-electron chi connectivity index (χ2n) is 3.78. The standard InChI is InChI=1S/C13H15N5O/c14-16-13(19)18(15)17(11-7-3-1-4-8-11)12-9-5-2-6-10-12/h1-10H,14-15H2,(H,16,19). The van der Waals surface area contributed by atoms with Gasteiger partial charge in [0.15, 0.2) is 0 Å². The predicted molar refractivity (Wildman–Crippen MR) is 73.8 cm³/mol. The fourth-order valence-electron chi connectivity index (χ4n) is 1.69. The van der Waals surface area contributed by atoms with E-state index in [0.29, 0.717) is 0 Å². The van der Waals surface area contributed by atoms with Crippen LogP contribution in [0.5, 0.6) is 0 Å². The molecule has 0 spiro atoms. The maximum Gasteiger partial charge on any atom is 0.365 e. The highest BCUT2D eigenvalue weighted by atomic mass is 16.2. The molecule has 98 valence electrons. The summed E-state index contributed by atoms with van der Waals surface area (Å²) >= 11 is 0. The van der Waals surface area contributed by atoms with Crippen molar-refractivity contribution in [3.05, 3.63) is 60.7 Å². The first kappa shape index (κ1) is 12.9. The molecule has 0 saturated heterocycles. The van der Waals surface area contributed by atoms with Gasteiger partial charge in [0.05, 0.1) is 11.4 Å². The Balaban J connectivity index is 2.43. The predicted octanol–water partition coefficient (Wildman–Crippen LogP) is 1.50. The summed E-state index contributed by atoms with van der Waals surface area (Å²) in [5, 5.41) is 2.48. The first-order valence-electron chi connectivity index (χ1n) is 5.69. The van der Waals surface area contributed by atoms with E-state index >= 15 is 0 Å². The summed E-state index contributed by atoms with van der Waals surface area (Å²) in [7, 11) is 0. The quantitative estimate of drug-likeness (QED) is 0.442. The summed E-state index contributed by atoms with van der Waals surface area (Å²) < 4.78 is 0. The SMILES string of the molecule is NNC(=O)N(N)N(c1ccccc1)c1ccccc1. The fraction of sp³-hybridized carbons (Fsp3) is 0. The van der Waals surface area contributed by atoms with Gasteiger partial charge in [0.2, 0.25) is 0 Å². The summed E-state index contributed by atoms with van der Waals surface area (Å²) in [5.74, 6) is 10.9. The number of carbonyl (C=O) groups is 1. The molecule has 0 aliphatic rings. The summed E-state index contributed by atoms with van der Waals surface area (Å²) in [4.78, 5) is 11.6. The lowest BCUT2D eigenvalue weighted by molar-refractivity contribution is 0.199. The lowest BCUT2D eigenvalue weighted by Crippen LogP contribution is -2.55. The Bertz CT molecular complexity index is 492. The van der Waals surface area contributed by atoms with Gasteiger partial charge in [-0.3, -0.25) is 5.43 Å². The number of amides is 2. The van der Waals surface area contributed by atoms with Crippen LogP contribution < -0.4 is 22.1 Å². The van der Waals surface area contributed by atoms with E-state index < -0.39 is 6.03 Å². The van der Waals surface area contributed by atoms with Gasteiger partial charge in [-0.1, -0.05) is 36.4 Å². The monoisotopic (exact) mass is 257 g/mol. The normalized spacial score (nSPS) is 9.79. The fourth-order valence-corrected chi connectivity index (χ4v) is 1.69. The molecule has 0 unspecified atom stereocenters. The van der Waals surface area contributed by atoms with Gasteiger partial charge in [0, 0.05) is 0 Å². The Labute approximate surface area is 111 Å². The second-order valence-corrected chi connectivity index (χ2v) is 3.78. The Morgan fingerprint density at radius 1 is 0.895 bits per heavy atom. The Morgan fingerprint density at radius 3 is 1.68 bits per heavy atom. The number of anilines is 2. The van der Waals surface area contributed by atoms with Gasteiger partial charge in [-0.05, 0) is 24.3 Å². The third kappa shape index (κ3) is 2.82. The molecule has 0 bridgehead atoms. The van der Waals surface area contributed by atoms with Gasteiger partial charge in [-0.2, -0.15) is 5.12 Å². The number of hydrazine groups is 3. The highest BCUT2D eigenvalue weighted by molar-refractivity contribution is 5.78. The second kappa shape index (κ2) is 5.85. The molecule has 0 atom stereocenters. The molecule has 0 heterocycles. The molecule has 0 saturated carbocycles. The van der Waals surface area contributed by atoms with Crippen molar-refractivity contribution in [1.82, 2.24) is 10.5 Å². The van der Waals surface area contributed by atoms with Crippen LogP contribution in [0, 0.1) is 0 Å². The van der Waals surface area contributed by atoms with Crippen LogP contribution >= 0.6 is 0 Å². The van der Waals surface area contributed by atoms with Crippen molar-refractivity contribution in [2.75, 3.05) is 5.01 Å². The summed E-state index contributed by atoms with van der Waals surface area (Å²) in [6.07, 6.45) is 0. The van der Waals surface area contributed by atoms with Crippen LogP contribution in [0.1, 0.15) is 0 Å². The Hall–Kier alpha value is -2.57. The molecule has 2 rings (SSSR count). The van der Waals surface area contributed by atoms with Crippen LogP contribution in [0.3, 0.4) is 0 Å². The number of nitrogens with zero attached hydrogens (tertiary/aromatic N) is 2. The van der Waals surface area contributed by atoms with E-state index in [-0.39, 0.29) is 0 Å². The van der Waals surface area contributed by atoms with Crippen LogP contribution in [0.4, 0.5) is 16.2 Å². The minimum absolute atomic E-state index is 0.618. The third-order valence-corrected chi connectivity index (χ3v) is 2.55. The summed E-state index contributed by atoms with van der Waals surface area (Å²) in [6, 6.07) is 18.0. The number of rotatable bonds is 3. The smallest absolute Gasteiger partial charge is 0.273 e. The molecular formula is C13H15N5O. The highest BCUT2D eigenvalue weighted by Crippen LogP contribution is 2.25. The molecule has 2 aromatic rings. The lowest BCUT2D eigenvalue weighted by atomic mass is 10.2. The molecular weight excluding hydrogens is 242 g/mol. The number of benzene rings is 2. The third-order valence-electron chi connectivity index (χ3n) is 2.55. The molecule has 6 nitrogen and oxygen atoms in total. The molecule has 2 aromatic carbocycles. The first-order chi connectivity index (χ1) is 9.24. The number of para-hydroxylation sites is 2. The van der Waals surface area contributed by atoms with E-state index in [1.165, 1.54) is 0 Å². The van der Waals surface area contributed by atoms with Crippen LogP contribution in [-0.4, -0.2) is 11.1 Å². The average molecular weight is 257 g/mol. The number of nitrogens with two attached hydrogens (primary N) is 2. The molecule has 19 heavy (non-hydrogen) atoms. The number of hydrogen-bond acceptors (Lipinski definition) is 4. The Morgan fingerprint density at radius 2 is 1.32 bits per heavy atom. The van der Waals surface area contributed by atoms with E-state index in [0.717, 1.165) is 16.5 Å². The largest absolute Gasteiger partial charge is 0.365 e. The van der Waals surface area contributed by atoms with Crippen LogP contribution in [0.15, 0.2) is 60.7 Å². The molecule has 0 radical (unpaired) electrons. The van der Waals surface area contributed by atoms with E-state index in [4.69, 9.17) is 11.7 Å². The highest BCUT2D eigenvalue weighted by Gasteiger charge is 2.19. The lowest BCUT2D eigenvalue weighted by Gasteiger charge is -2.32. The molecule has 2 amide bonds. The molecule has 5 N–H and O–H groups in total. The molecule has 0 aliphatic heterocycles. The van der Waals surface area contributed by atoms with Gasteiger partial charge in [-0.15, -0.1) is 0 Å². The zero-order valence-corrected chi connectivity index (χ0v) is 10.2. The van der Waals surface area contributed by atoms with Crippen molar-refractivity contribution >= 4 is 17.4 Å². The van der Waals surface area contributed by atoms with E-state index in [1.807, 2.05) is 66.1 Å². The zero-order valence-electron chi connectivity index (χ0n) is 10.2. The molecule has 6 heteroatoms. The summed E-state index contributed by atoms with van der Waals surface area (Å²) in [6.45, 7) is 0. The molecule has 0 fully saturated rings. The summed E-state index contributed by atoms with van der Waals surface area (Å²) in [5.41, 5.74) is 3.50. The maximum atomic E-state index is 11.6. The first-order valence-corrected chi connectivity index (χ1v) is 5.69. The van der Waals surface area contributed by atoms with E-state index in [1.54, 1.807) is 5.01 Å². The van der Waals surface area contributed by atoms with Crippen molar-refractivity contribution in [1.29, 1.82) is 0 Å². The minimum Gasteiger partial charge on any atom is -0.273 e. The number of carbonyl (C=O) groups excluding carboxylic acids is 1. The van der Waals surface area contributed by atoms with Gasteiger partial charge in [0.25, 0.3) is 0 Å². The van der Waals surface area contributed by atoms with Crippen molar-refractivity contribution in [3.63, 3.8) is 0 Å². The van der Waals surface area contributed by atoms with Crippen molar-refractivity contribution in [3.8, 4) is 0 Å². The zero-order chi connectivity index (χ0) is 13.7. The topological polar surface area (TPSA) is 87.6 Å². The van der Waals surface area contributed by atoms with Crippen LogP contribution in [0.2, 0.25) is 0 Å². The van der Waals surface area contributed by atoms with Crippen molar-refractivity contribution in [2.45, 2.75) is 0 Å². The van der Waals surface area contributed by atoms with Crippen molar-refractivity contribution < 1.29 is 4.79 Å². The van der Waals surface area contributed by atoms with Gasteiger partial charge < -0.3 is 0 Å². The average Bonchev–Trinajstić information content (AvgIpc) is 2.49.